The van der Waals surface area contributed by atoms with Crippen molar-refractivity contribution in [2.75, 3.05) is 6.54 Å². The van der Waals surface area contributed by atoms with Crippen LogP contribution >= 0.6 is 0 Å². The van der Waals surface area contributed by atoms with E-state index in [0.29, 0.717) is 30.8 Å². The van der Waals surface area contributed by atoms with Gasteiger partial charge in [0.2, 0.25) is 5.09 Å². The maximum atomic E-state index is 12.7. The van der Waals surface area contributed by atoms with Crippen molar-refractivity contribution in [1.82, 2.24) is 9.62 Å². The summed E-state index contributed by atoms with van der Waals surface area (Å²) in [7, 11) is -3.51. The van der Waals surface area contributed by atoms with E-state index in [2.05, 4.69) is 12.2 Å². The summed E-state index contributed by atoms with van der Waals surface area (Å²) in [6.07, 6.45) is 4.41. The number of furan rings is 1. The van der Waals surface area contributed by atoms with Crippen molar-refractivity contribution in [3.63, 3.8) is 0 Å². The van der Waals surface area contributed by atoms with Gasteiger partial charge in [0.25, 0.3) is 10.0 Å². The number of rotatable bonds is 5. The predicted molar refractivity (Wildman–Crippen MR) is 80.3 cm³/mol. The molecule has 1 aromatic heterocycles. The Bertz CT molecular complexity index is 592. The van der Waals surface area contributed by atoms with E-state index in [1.54, 1.807) is 16.4 Å². The summed E-state index contributed by atoms with van der Waals surface area (Å²) in [5, 5.41) is 3.41. The molecule has 5 nitrogen and oxygen atoms in total. The zero-order chi connectivity index (χ0) is 15.0. The number of nitrogens with zero attached hydrogens (tertiary/aromatic N) is 1. The normalized spacial score (nSPS) is 27.9. The third kappa shape index (κ3) is 3.33. The summed E-state index contributed by atoms with van der Waals surface area (Å²) in [5.74, 6) is 1.10. The SMILES string of the molecule is CC1CCC(C)N(S(=O)(=O)c2ccc(CNC3CC3)o2)C1. The Kier molecular flexibility index (Phi) is 4.12. The molecule has 1 saturated carbocycles. The second-order valence-corrected chi connectivity index (χ2v) is 8.30. The number of hydrogen-bond donors (Lipinski definition) is 1. The van der Waals surface area contributed by atoms with Crippen molar-refractivity contribution in [2.24, 2.45) is 5.92 Å². The van der Waals surface area contributed by atoms with Gasteiger partial charge < -0.3 is 9.73 Å². The zero-order valence-electron chi connectivity index (χ0n) is 12.7. The first-order valence-corrected chi connectivity index (χ1v) is 9.25. The second-order valence-electron chi connectivity index (χ2n) is 6.48. The summed E-state index contributed by atoms with van der Waals surface area (Å²) >= 11 is 0. The summed E-state index contributed by atoms with van der Waals surface area (Å²) < 4.78 is 32.6. The smallest absolute Gasteiger partial charge is 0.276 e. The van der Waals surface area contributed by atoms with E-state index in [1.807, 2.05) is 6.92 Å². The minimum Gasteiger partial charge on any atom is -0.447 e. The van der Waals surface area contributed by atoms with Crippen LogP contribution < -0.4 is 5.32 Å². The van der Waals surface area contributed by atoms with Gasteiger partial charge in [-0.3, -0.25) is 0 Å². The van der Waals surface area contributed by atoms with Crippen molar-refractivity contribution >= 4 is 10.0 Å². The number of sulfonamides is 1. The largest absolute Gasteiger partial charge is 0.447 e. The molecule has 0 bridgehead atoms. The van der Waals surface area contributed by atoms with Crippen LogP contribution in [0, 0.1) is 5.92 Å². The Morgan fingerprint density at radius 1 is 1.24 bits per heavy atom. The second kappa shape index (κ2) is 5.74. The molecule has 1 aliphatic carbocycles. The fourth-order valence-corrected chi connectivity index (χ4v) is 4.54. The summed E-state index contributed by atoms with van der Waals surface area (Å²) in [6, 6.07) is 3.98. The molecule has 21 heavy (non-hydrogen) atoms. The molecule has 1 saturated heterocycles. The van der Waals surface area contributed by atoms with Gasteiger partial charge in [-0.2, -0.15) is 4.31 Å². The molecular weight excluding hydrogens is 288 g/mol. The van der Waals surface area contributed by atoms with Gasteiger partial charge in [-0.1, -0.05) is 6.92 Å². The van der Waals surface area contributed by atoms with Crippen LogP contribution in [-0.4, -0.2) is 31.4 Å². The third-order valence-corrected chi connectivity index (χ3v) is 6.26. The van der Waals surface area contributed by atoms with E-state index in [4.69, 9.17) is 4.42 Å². The molecule has 2 aliphatic rings. The summed E-state index contributed by atoms with van der Waals surface area (Å²) in [6.45, 7) is 5.26. The summed E-state index contributed by atoms with van der Waals surface area (Å²) in [4.78, 5) is 0. The van der Waals surface area contributed by atoms with E-state index in [-0.39, 0.29) is 11.1 Å². The highest BCUT2D eigenvalue weighted by atomic mass is 32.2. The Balaban J connectivity index is 1.73. The molecule has 1 N–H and O–H groups in total. The molecule has 3 rings (SSSR count). The molecular formula is C15H24N2O3S. The molecule has 6 heteroatoms. The lowest BCUT2D eigenvalue weighted by Gasteiger charge is -2.34. The van der Waals surface area contributed by atoms with Gasteiger partial charge in [0, 0.05) is 18.6 Å². The van der Waals surface area contributed by atoms with Crippen molar-refractivity contribution in [1.29, 1.82) is 0 Å². The van der Waals surface area contributed by atoms with Gasteiger partial charge in [0.1, 0.15) is 5.76 Å². The highest BCUT2D eigenvalue weighted by molar-refractivity contribution is 7.89. The quantitative estimate of drug-likeness (QED) is 0.906. The first-order chi connectivity index (χ1) is 9.96. The number of nitrogens with one attached hydrogen (secondary N) is 1. The molecule has 0 radical (unpaired) electrons. The van der Waals surface area contributed by atoms with Crippen LogP contribution in [0.2, 0.25) is 0 Å². The Hall–Kier alpha value is -0.850. The minimum atomic E-state index is -3.51. The lowest BCUT2D eigenvalue weighted by molar-refractivity contribution is 0.213. The number of piperidine rings is 1. The van der Waals surface area contributed by atoms with Gasteiger partial charge in [-0.25, -0.2) is 8.42 Å². The number of hydrogen-bond acceptors (Lipinski definition) is 4. The van der Waals surface area contributed by atoms with Crippen molar-refractivity contribution in [3.8, 4) is 0 Å². The Labute approximate surface area is 126 Å². The van der Waals surface area contributed by atoms with E-state index in [0.717, 1.165) is 12.8 Å². The molecule has 2 fully saturated rings. The molecule has 0 spiro atoms. The molecule has 1 aliphatic heterocycles. The van der Waals surface area contributed by atoms with E-state index < -0.39 is 10.0 Å². The topological polar surface area (TPSA) is 62.6 Å². The van der Waals surface area contributed by atoms with Gasteiger partial charge >= 0.3 is 0 Å². The first-order valence-electron chi connectivity index (χ1n) is 7.81. The fourth-order valence-electron chi connectivity index (χ4n) is 2.82. The van der Waals surface area contributed by atoms with Crippen LogP contribution in [0.5, 0.6) is 0 Å². The van der Waals surface area contributed by atoms with Crippen LogP contribution in [0.4, 0.5) is 0 Å². The Morgan fingerprint density at radius 2 is 2.00 bits per heavy atom. The molecule has 2 heterocycles. The predicted octanol–water partition coefficient (Wildman–Crippen LogP) is 2.34. The van der Waals surface area contributed by atoms with Crippen LogP contribution in [0.3, 0.4) is 0 Å². The minimum absolute atomic E-state index is 0.0457. The summed E-state index contributed by atoms with van der Waals surface area (Å²) in [5.41, 5.74) is 0. The monoisotopic (exact) mass is 312 g/mol. The lowest BCUT2D eigenvalue weighted by atomic mass is 9.97. The van der Waals surface area contributed by atoms with Gasteiger partial charge in [-0.15, -0.1) is 0 Å². The molecule has 0 amide bonds. The maximum absolute atomic E-state index is 12.7. The zero-order valence-corrected chi connectivity index (χ0v) is 13.5. The lowest BCUT2D eigenvalue weighted by Crippen LogP contribution is -2.44. The van der Waals surface area contributed by atoms with Gasteiger partial charge in [-0.05, 0) is 50.7 Å². The van der Waals surface area contributed by atoms with Crippen molar-refractivity contribution in [2.45, 2.75) is 63.3 Å². The molecule has 118 valence electrons. The average Bonchev–Trinajstić information content (AvgIpc) is 3.15. The third-order valence-electron chi connectivity index (χ3n) is 4.40. The highest BCUT2D eigenvalue weighted by Gasteiger charge is 2.35. The maximum Gasteiger partial charge on any atom is 0.276 e. The molecule has 0 aromatic carbocycles. The van der Waals surface area contributed by atoms with Crippen LogP contribution in [-0.2, 0) is 16.6 Å². The van der Waals surface area contributed by atoms with E-state index in [9.17, 15) is 8.42 Å². The average molecular weight is 312 g/mol. The first kappa shape index (κ1) is 15.1. The van der Waals surface area contributed by atoms with Crippen LogP contribution in [0.25, 0.3) is 0 Å². The van der Waals surface area contributed by atoms with Crippen molar-refractivity contribution in [3.05, 3.63) is 17.9 Å². The highest BCUT2D eigenvalue weighted by Crippen LogP contribution is 2.29. The molecule has 2 unspecified atom stereocenters. The molecule has 1 aromatic rings. The van der Waals surface area contributed by atoms with Crippen LogP contribution in [0.15, 0.2) is 21.6 Å². The van der Waals surface area contributed by atoms with Gasteiger partial charge in [0.05, 0.1) is 6.54 Å². The standard InChI is InChI=1S/C15H24N2O3S/c1-11-3-4-12(2)17(10-11)21(18,19)15-8-7-14(20-15)9-16-13-5-6-13/h7-8,11-13,16H,3-6,9-10H2,1-2H3. The van der Waals surface area contributed by atoms with E-state index in [1.165, 1.54) is 12.8 Å². The van der Waals surface area contributed by atoms with Crippen LogP contribution in [0.1, 0.15) is 45.3 Å². The van der Waals surface area contributed by atoms with E-state index >= 15 is 0 Å². The fraction of sp³-hybridized carbons (Fsp3) is 0.733. The Morgan fingerprint density at radius 3 is 2.71 bits per heavy atom. The molecule has 2 atom stereocenters. The van der Waals surface area contributed by atoms with Crippen molar-refractivity contribution < 1.29 is 12.8 Å². The van der Waals surface area contributed by atoms with Gasteiger partial charge in [0.15, 0.2) is 0 Å².